The zero-order valence-electron chi connectivity index (χ0n) is 15.1. The number of benzene rings is 1. The summed E-state index contributed by atoms with van der Waals surface area (Å²) in [7, 11) is 1.67. The molecule has 0 spiro atoms. The van der Waals surface area contributed by atoms with Gasteiger partial charge in [-0.05, 0) is 43.7 Å². The molecule has 1 aromatic carbocycles. The van der Waals surface area contributed by atoms with Crippen molar-refractivity contribution < 1.29 is 9.18 Å². The van der Waals surface area contributed by atoms with Crippen molar-refractivity contribution in [3.8, 4) is 0 Å². The summed E-state index contributed by atoms with van der Waals surface area (Å²) in [4.78, 5) is 29.1. The van der Waals surface area contributed by atoms with Gasteiger partial charge in [0, 0.05) is 44.6 Å². The zero-order valence-corrected chi connectivity index (χ0v) is 15.8. The Kier molecular flexibility index (Phi) is 5.05. The van der Waals surface area contributed by atoms with Crippen LogP contribution in [0.1, 0.15) is 21.6 Å². The van der Waals surface area contributed by atoms with Gasteiger partial charge in [-0.15, -0.1) is 0 Å². The maximum atomic E-state index is 13.3. The number of piperazine rings is 1. The van der Waals surface area contributed by atoms with Crippen LogP contribution in [-0.2, 0) is 7.05 Å². The van der Waals surface area contributed by atoms with E-state index >= 15 is 0 Å². The normalized spacial score (nSPS) is 14.7. The fourth-order valence-corrected chi connectivity index (χ4v) is 3.42. The minimum atomic E-state index is -0.449. The molecule has 0 aliphatic carbocycles. The second-order valence-corrected chi connectivity index (χ2v) is 6.99. The fraction of sp³-hybridized carbons (Fsp3) is 0.368. The van der Waals surface area contributed by atoms with Crippen molar-refractivity contribution in [3.05, 3.63) is 62.3 Å². The van der Waals surface area contributed by atoms with Crippen molar-refractivity contribution in [2.24, 2.45) is 7.05 Å². The van der Waals surface area contributed by atoms with E-state index < -0.39 is 5.82 Å². The van der Waals surface area contributed by atoms with E-state index in [0.29, 0.717) is 31.7 Å². The van der Waals surface area contributed by atoms with E-state index in [2.05, 4.69) is 4.90 Å². The van der Waals surface area contributed by atoms with Gasteiger partial charge in [-0.25, -0.2) is 4.39 Å². The van der Waals surface area contributed by atoms with E-state index in [4.69, 9.17) is 11.6 Å². The minimum absolute atomic E-state index is 0.0831. The van der Waals surface area contributed by atoms with Crippen LogP contribution in [0.2, 0.25) is 5.02 Å². The van der Waals surface area contributed by atoms with Crippen molar-refractivity contribution in [3.63, 3.8) is 0 Å². The third-order valence-corrected chi connectivity index (χ3v) is 5.21. The number of amides is 1. The lowest BCUT2D eigenvalue weighted by atomic mass is 10.1. The molecular weight excluding hydrogens is 357 g/mol. The molecule has 26 heavy (non-hydrogen) atoms. The Hall–Kier alpha value is -2.34. The van der Waals surface area contributed by atoms with Crippen LogP contribution in [0.5, 0.6) is 0 Å². The van der Waals surface area contributed by atoms with Crippen LogP contribution in [-0.4, -0.2) is 41.6 Å². The highest BCUT2D eigenvalue weighted by atomic mass is 35.5. The molecule has 1 saturated heterocycles. The van der Waals surface area contributed by atoms with Gasteiger partial charge >= 0.3 is 0 Å². The third-order valence-electron chi connectivity index (χ3n) is 4.92. The van der Waals surface area contributed by atoms with Crippen LogP contribution in [0.4, 0.5) is 10.1 Å². The van der Waals surface area contributed by atoms with E-state index in [1.165, 1.54) is 10.6 Å². The Balaban J connectivity index is 1.76. The van der Waals surface area contributed by atoms with E-state index in [0.717, 1.165) is 11.4 Å². The van der Waals surface area contributed by atoms with Crippen molar-refractivity contribution in [1.29, 1.82) is 0 Å². The molecule has 2 aromatic rings. The van der Waals surface area contributed by atoms with E-state index in [9.17, 15) is 14.0 Å². The first-order valence-electron chi connectivity index (χ1n) is 8.46. The average Bonchev–Trinajstić information content (AvgIpc) is 2.62. The maximum absolute atomic E-state index is 13.3. The van der Waals surface area contributed by atoms with Crippen LogP contribution in [0, 0.1) is 19.7 Å². The molecule has 0 atom stereocenters. The number of aromatic nitrogens is 1. The maximum Gasteiger partial charge on any atom is 0.263 e. The summed E-state index contributed by atoms with van der Waals surface area (Å²) in [5.74, 6) is -0.685. The SMILES string of the molecule is Cc1cc(C)n(C)c(=O)c1C(=O)N1CCN(c2ccc(F)c(Cl)c2)CC1. The van der Waals surface area contributed by atoms with Gasteiger partial charge in [0.2, 0.25) is 0 Å². The van der Waals surface area contributed by atoms with Gasteiger partial charge in [0.05, 0.1) is 5.02 Å². The first-order chi connectivity index (χ1) is 12.3. The average molecular weight is 378 g/mol. The standard InChI is InChI=1S/C19H21ClFN3O2/c1-12-10-13(2)22(3)18(25)17(12)19(26)24-8-6-23(7-9-24)14-4-5-16(21)15(20)11-14/h4-5,10-11H,6-9H2,1-3H3. The first kappa shape index (κ1) is 18.5. The molecule has 0 N–H and O–H groups in total. The first-order valence-corrected chi connectivity index (χ1v) is 8.84. The largest absolute Gasteiger partial charge is 0.368 e. The molecule has 0 bridgehead atoms. The highest BCUT2D eigenvalue weighted by Crippen LogP contribution is 2.24. The Morgan fingerprint density at radius 3 is 2.38 bits per heavy atom. The monoisotopic (exact) mass is 377 g/mol. The molecule has 3 rings (SSSR count). The lowest BCUT2D eigenvalue weighted by Crippen LogP contribution is -2.50. The van der Waals surface area contributed by atoms with Gasteiger partial charge in [-0.3, -0.25) is 9.59 Å². The molecule has 0 unspecified atom stereocenters. The van der Waals surface area contributed by atoms with E-state index in [1.54, 1.807) is 31.0 Å². The molecule has 1 aliphatic rings. The number of anilines is 1. The second kappa shape index (κ2) is 7.11. The molecule has 1 fully saturated rings. The van der Waals surface area contributed by atoms with Crippen molar-refractivity contribution >= 4 is 23.2 Å². The predicted octanol–water partition coefficient (Wildman–Crippen LogP) is 2.76. The molecule has 0 radical (unpaired) electrons. The number of nitrogens with zero attached hydrogens (tertiary/aromatic N) is 3. The summed E-state index contributed by atoms with van der Waals surface area (Å²) in [6, 6.07) is 6.47. The predicted molar refractivity (Wildman–Crippen MR) is 101 cm³/mol. The lowest BCUT2D eigenvalue weighted by molar-refractivity contribution is 0.0743. The summed E-state index contributed by atoms with van der Waals surface area (Å²) in [5.41, 5.74) is 2.31. The number of hydrogen-bond acceptors (Lipinski definition) is 3. The number of aryl methyl sites for hydroxylation is 2. The summed E-state index contributed by atoms with van der Waals surface area (Å²) in [6.07, 6.45) is 0. The molecule has 2 heterocycles. The lowest BCUT2D eigenvalue weighted by Gasteiger charge is -2.36. The number of rotatable bonds is 2. The Bertz CT molecular complexity index is 918. The van der Waals surface area contributed by atoms with E-state index in [1.807, 2.05) is 13.0 Å². The summed E-state index contributed by atoms with van der Waals surface area (Å²) in [5, 5.41) is 0.0831. The van der Waals surface area contributed by atoms with Crippen molar-refractivity contribution in [2.45, 2.75) is 13.8 Å². The van der Waals surface area contributed by atoms with Crippen molar-refractivity contribution in [2.75, 3.05) is 31.1 Å². The number of pyridine rings is 1. The van der Waals surface area contributed by atoms with Crippen LogP contribution < -0.4 is 10.5 Å². The zero-order chi connectivity index (χ0) is 19.0. The van der Waals surface area contributed by atoms with Gasteiger partial charge in [-0.2, -0.15) is 0 Å². The Morgan fingerprint density at radius 1 is 1.12 bits per heavy atom. The van der Waals surface area contributed by atoms with Crippen molar-refractivity contribution in [1.82, 2.24) is 9.47 Å². The summed E-state index contributed by atoms with van der Waals surface area (Å²) < 4.78 is 14.8. The highest BCUT2D eigenvalue weighted by Gasteiger charge is 2.26. The number of carbonyl (C=O) groups excluding carboxylic acids is 1. The van der Waals surface area contributed by atoms with Gasteiger partial charge in [0.1, 0.15) is 11.4 Å². The number of halogens is 2. The molecule has 0 saturated carbocycles. The quantitative estimate of drug-likeness (QED) is 0.808. The summed E-state index contributed by atoms with van der Waals surface area (Å²) in [6.45, 7) is 5.81. The van der Waals surface area contributed by atoms with Crippen LogP contribution in [0.3, 0.4) is 0 Å². The molecular formula is C19H21ClFN3O2. The van der Waals surface area contributed by atoms with Crippen LogP contribution in [0.15, 0.2) is 29.1 Å². The van der Waals surface area contributed by atoms with Gasteiger partial charge in [0.25, 0.3) is 11.5 Å². The smallest absolute Gasteiger partial charge is 0.263 e. The summed E-state index contributed by atoms with van der Waals surface area (Å²) >= 11 is 5.85. The molecule has 7 heteroatoms. The molecule has 5 nitrogen and oxygen atoms in total. The topological polar surface area (TPSA) is 45.6 Å². The second-order valence-electron chi connectivity index (χ2n) is 6.59. The van der Waals surface area contributed by atoms with Crippen LogP contribution in [0.25, 0.3) is 0 Å². The highest BCUT2D eigenvalue weighted by molar-refractivity contribution is 6.31. The fourth-order valence-electron chi connectivity index (χ4n) is 3.25. The van der Waals surface area contributed by atoms with E-state index in [-0.39, 0.29) is 22.1 Å². The number of carbonyl (C=O) groups is 1. The van der Waals surface area contributed by atoms with Gasteiger partial charge in [0.15, 0.2) is 0 Å². The third kappa shape index (κ3) is 3.33. The molecule has 138 valence electrons. The molecule has 1 amide bonds. The minimum Gasteiger partial charge on any atom is -0.368 e. The Morgan fingerprint density at radius 2 is 1.77 bits per heavy atom. The molecule has 1 aliphatic heterocycles. The Labute approximate surface area is 156 Å². The number of hydrogen-bond donors (Lipinski definition) is 0. The van der Waals surface area contributed by atoms with Gasteiger partial charge < -0.3 is 14.4 Å². The molecule has 1 aromatic heterocycles. The van der Waals surface area contributed by atoms with Gasteiger partial charge in [-0.1, -0.05) is 11.6 Å². The van der Waals surface area contributed by atoms with Crippen LogP contribution >= 0.6 is 11.6 Å².